The molecule has 0 aliphatic carbocycles. The van der Waals surface area contributed by atoms with Crippen molar-refractivity contribution in [1.82, 2.24) is 0 Å². The fraction of sp³-hybridized carbons (Fsp3) is 0.433. The second-order valence-corrected chi connectivity index (χ2v) is 9.56. The molecule has 226 valence electrons. The van der Waals surface area contributed by atoms with Crippen LogP contribution in [0.4, 0.5) is 0 Å². The van der Waals surface area contributed by atoms with Crippen molar-refractivity contribution in [3.05, 3.63) is 65.2 Å². The van der Waals surface area contributed by atoms with Gasteiger partial charge in [0.1, 0.15) is 31.7 Å². The number of Topliss-reactive ketones (excluding diaryl/α,β-unsaturated/α-hetero) is 1. The van der Waals surface area contributed by atoms with Gasteiger partial charge in [0.25, 0.3) is 0 Å². The molecule has 2 aromatic carbocycles. The average Bonchev–Trinajstić information content (AvgIpc) is 2.92. The number of hydrogen-bond acceptors (Lipinski definition) is 12. The van der Waals surface area contributed by atoms with E-state index in [-0.39, 0.29) is 5.56 Å². The van der Waals surface area contributed by atoms with Crippen molar-refractivity contribution in [2.75, 3.05) is 13.2 Å². The zero-order chi connectivity index (χ0) is 30.8. The summed E-state index contributed by atoms with van der Waals surface area (Å²) in [5.74, 6) is -2.90. The summed E-state index contributed by atoms with van der Waals surface area (Å²) in [5, 5.41) is 0. The van der Waals surface area contributed by atoms with Gasteiger partial charge in [-0.2, -0.15) is 0 Å². The summed E-state index contributed by atoms with van der Waals surface area (Å²) in [7, 11) is 0. The number of ketones is 1. The van der Waals surface area contributed by atoms with E-state index in [2.05, 4.69) is 0 Å². The summed E-state index contributed by atoms with van der Waals surface area (Å²) in [6.07, 6.45) is -6.81. The Morgan fingerprint density at radius 2 is 1.38 bits per heavy atom. The Bertz CT molecular complexity index is 1270. The molecule has 5 unspecified atom stereocenters. The fourth-order valence-corrected chi connectivity index (χ4v) is 4.23. The number of carbonyl (C=O) groups is 5. The Hall–Kier alpha value is -4.29. The summed E-state index contributed by atoms with van der Waals surface area (Å²) >= 11 is 0. The molecule has 42 heavy (non-hydrogen) atoms. The quantitative estimate of drug-likeness (QED) is 0.204. The molecule has 1 aliphatic rings. The molecule has 0 aromatic heterocycles. The monoisotopic (exact) mass is 586 g/mol. The van der Waals surface area contributed by atoms with Crippen LogP contribution in [0.15, 0.2) is 48.5 Å². The van der Waals surface area contributed by atoms with Gasteiger partial charge in [0, 0.05) is 33.3 Å². The predicted molar refractivity (Wildman–Crippen MR) is 144 cm³/mol. The number of rotatable bonds is 12. The third kappa shape index (κ3) is 9.38. The molecule has 1 saturated heterocycles. The summed E-state index contributed by atoms with van der Waals surface area (Å²) in [4.78, 5) is 60.5. The molecule has 0 bridgehead atoms. The van der Waals surface area contributed by atoms with Crippen LogP contribution < -0.4 is 4.74 Å². The van der Waals surface area contributed by atoms with E-state index in [1.165, 1.54) is 6.92 Å². The maximum absolute atomic E-state index is 13.2. The Kier molecular flexibility index (Phi) is 11.6. The van der Waals surface area contributed by atoms with Crippen molar-refractivity contribution in [3.63, 3.8) is 0 Å². The van der Waals surface area contributed by atoms with Gasteiger partial charge in [-0.3, -0.25) is 24.0 Å². The lowest BCUT2D eigenvalue weighted by Gasteiger charge is -2.43. The van der Waals surface area contributed by atoms with Gasteiger partial charge in [-0.1, -0.05) is 42.5 Å². The smallest absolute Gasteiger partial charge is 0.303 e. The zero-order valence-corrected chi connectivity index (χ0v) is 24.0. The van der Waals surface area contributed by atoms with Crippen LogP contribution in [-0.4, -0.2) is 73.6 Å². The van der Waals surface area contributed by atoms with Crippen molar-refractivity contribution in [3.8, 4) is 5.75 Å². The Labute approximate surface area is 243 Å². The van der Waals surface area contributed by atoms with Gasteiger partial charge in [-0.25, -0.2) is 0 Å². The number of benzene rings is 2. The Balaban J connectivity index is 1.81. The molecule has 0 radical (unpaired) electrons. The molecule has 1 aliphatic heterocycles. The Morgan fingerprint density at radius 1 is 0.762 bits per heavy atom. The highest BCUT2D eigenvalue weighted by Crippen LogP contribution is 2.30. The third-order valence-corrected chi connectivity index (χ3v) is 6.07. The maximum Gasteiger partial charge on any atom is 0.303 e. The first kappa shape index (κ1) is 32.2. The van der Waals surface area contributed by atoms with E-state index in [9.17, 15) is 24.0 Å². The van der Waals surface area contributed by atoms with E-state index < -0.39 is 73.6 Å². The molecule has 0 amide bonds. The van der Waals surface area contributed by atoms with E-state index in [0.717, 1.165) is 31.9 Å². The lowest BCUT2D eigenvalue weighted by atomic mass is 9.98. The first-order valence-corrected chi connectivity index (χ1v) is 13.2. The maximum atomic E-state index is 13.2. The minimum Gasteiger partial charge on any atom is -0.489 e. The van der Waals surface area contributed by atoms with Crippen LogP contribution in [0.2, 0.25) is 0 Å². The summed E-state index contributed by atoms with van der Waals surface area (Å²) in [6, 6.07) is 14.5. The number of ether oxygens (including phenoxy) is 7. The molecule has 12 heteroatoms. The third-order valence-electron chi connectivity index (χ3n) is 6.07. The second kappa shape index (κ2) is 15.1. The first-order valence-electron chi connectivity index (χ1n) is 13.2. The molecular weight excluding hydrogens is 552 g/mol. The highest BCUT2D eigenvalue weighted by atomic mass is 16.7. The SMILES string of the molecule is CC(=O)OCC1OC(OCC(=O)c2ccc(C)c(OCc3ccccc3)c2)C(OC(C)=O)C(OC(C)=O)C1OC(C)=O. The van der Waals surface area contributed by atoms with Gasteiger partial charge in [-0.05, 0) is 24.1 Å². The van der Waals surface area contributed by atoms with Gasteiger partial charge in [0.15, 0.2) is 30.4 Å². The fourth-order valence-electron chi connectivity index (χ4n) is 4.23. The van der Waals surface area contributed by atoms with Crippen molar-refractivity contribution in [1.29, 1.82) is 0 Å². The first-order chi connectivity index (χ1) is 19.9. The van der Waals surface area contributed by atoms with E-state index in [1.54, 1.807) is 18.2 Å². The van der Waals surface area contributed by atoms with Gasteiger partial charge in [0.05, 0.1) is 0 Å². The molecule has 12 nitrogen and oxygen atoms in total. The molecule has 0 N–H and O–H groups in total. The molecular formula is C30H34O12. The van der Waals surface area contributed by atoms with E-state index in [0.29, 0.717) is 12.4 Å². The largest absolute Gasteiger partial charge is 0.489 e. The highest BCUT2D eigenvalue weighted by Gasteiger charge is 2.52. The lowest BCUT2D eigenvalue weighted by Crippen LogP contribution is -2.63. The van der Waals surface area contributed by atoms with Crippen molar-refractivity contribution in [2.45, 2.75) is 71.9 Å². The molecule has 0 saturated carbocycles. The van der Waals surface area contributed by atoms with E-state index >= 15 is 0 Å². The summed E-state index contributed by atoms with van der Waals surface area (Å²) in [5.41, 5.74) is 2.07. The normalized spacial score (nSPS) is 21.5. The van der Waals surface area contributed by atoms with Gasteiger partial charge in [-0.15, -0.1) is 0 Å². The predicted octanol–water partition coefficient (Wildman–Crippen LogP) is 2.86. The molecule has 1 fully saturated rings. The summed E-state index contributed by atoms with van der Waals surface area (Å²) < 4.78 is 38.6. The molecule has 3 rings (SSSR count). The number of hydrogen-bond donors (Lipinski definition) is 0. The standard InChI is InChI=1S/C30H34O12/c1-17-11-12-23(13-25(17)37-14-22-9-7-6-8-10-22)24(35)15-38-30-29(41-21(5)34)28(40-20(4)33)27(39-19(3)32)26(42-30)16-36-18(2)31/h6-13,26-30H,14-16H2,1-5H3. The van der Waals surface area contributed by atoms with Crippen LogP contribution in [0.5, 0.6) is 5.75 Å². The molecule has 5 atom stereocenters. The van der Waals surface area contributed by atoms with E-state index in [4.69, 9.17) is 33.2 Å². The highest BCUT2D eigenvalue weighted by molar-refractivity contribution is 5.97. The van der Waals surface area contributed by atoms with Crippen molar-refractivity contribution in [2.24, 2.45) is 0 Å². The van der Waals surface area contributed by atoms with Crippen LogP contribution in [0.1, 0.15) is 49.2 Å². The number of esters is 4. The van der Waals surface area contributed by atoms with Crippen LogP contribution in [0.25, 0.3) is 0 Å². The number of carbonyl (C=O) groups excluding carboxylic acids is 5. The second-order valence-electron chi connectivity index (χ2n) is 9.56. The van der Waals surface area contributed by atoms with Gasteiger partial charge < -0.3 is 33.2 Å². The lowest BCUT2D eigenvalue weighted by molar-refractivity contribution is -0.305. The van der Waals surface area contributed by atoms with Crippen molar-refractivity contribution < 1.29 is 57.1 Å². The van der Waals surface area contributed by atoms with Gasteiger partial charge >= 0.3 is 23.9 Å². The van der Waals surface area contributed by atoms with Crippen molar-refractivity contribution >= 4 is 29.7 Å². The summed E-state index contributed by atoms with van der Waals surface area (Å²) in [6.45, 7) is 5.72. The topological polar surface area (TPSA) is 150 Å². The van der Waals surface area contributed by atoms with Crippen LogP contribution in [-0.2, 0) is 54.2 Å². The average molecular weight is 587 g/mol. The minimum absolute atomic E-state index is 0.286. The minimum atomic E-state index is -1.46. The molecule has 0 spiro atoms. The molecule has 1 heterocycles. The molecule has 2 aromatic rings. The van der Waals surface area contributed by atoms with Gasteiger partial charge in [0.2, 0.25) is 0 Å². The van der Waals surface area contributed by atoms with Crippen LogP contribution in [0.3, 0.4) is 0 Å². The Morgan fingerprint density at radius 3 is 2.00 bits per heavy atom. The number of aryl methyl sites for hydroxylation is 1. The van der Waals surface area contributed by atoms with Crippen LogP contribution >= 0.6 is 0 Å². The van der Waals surface area contributed by atoms with Crippen LogP contribution in [0, 0.1) is 6.92 Å². The zero-order valence-electron chi connectivity index (χ0n) is 24.0. The van der Waals surface area contributed by atoms with E-state index in [1.807, 2.05) is 37.3 Å².